The summed E-state index contributed by atoms with van der Waals surface area (Å²) in [6, 6.07) is 21.6. The van der Waals surface area contributed by atoms with Gasteiger partial charge >= 0.3 is 6.09 Å². The fourth-order valence-corrected chi connectivity index (χ4v) is 13.6. The molecule has 0 bridgehead atoms. The van der Waals surface area contributed by atoms with Crippen LogP contribution in [0.4, 0.5) is 4.79 Å². The molecular weight excluding hydrogens is 619 g/mol. The number of rotatable bonds is 12. The van der Waals surface area contributed by atoms with Crippen molar-refractivity contribution in [1.29, 1.82) is 0 Å². The fraction of sp³-hybridized carbons (Fsp3) is 0.579. The summed E-state index contributed by atoms with van der Waals surface area (Å²) in [5.74, 6) is 0. The molecule has 2 aromatic carbocycles. The summed E-state index contributed by atoms with van der Waals surface area (Å²) in [5.41, 5.74) is 3.50. The molecule has 0 aliphatic heterocycles. The molecule has 2 atom stereocenters. The Kier molecular flexibility index (Phi) is 13.3. The van der Waals surface area contributed by atoms with Crippen molar-refractivity contribution in [2.45, 2.75) is 143 Å². The van der Waals surface area contributed by atoms with Gasteiger partial charge in [0.2, 0.25) is 0 Å². The van der Waals surface area contributed by atoms with E-state index in [1.165, 1.54) is 16.6 Å². The Labute approximate surface area is 284 Å². The minimum absolute atomic E-state index is 0.0157. The Morgan fingerprint density at radius 2 is 1.15 bits per heavy atom. The molecular formula is C38H63NO4Si3. The molecule has 0 aliphatic carbocycles. The summed E-state index contributed by atoms with van der Waals surface area (Å²) >= 11 is 0. The van der Waals surface area contributed by atoms with Crippen molar-refractivity contribution in [1.82, 2.24) is 4.90 Å². The first-order valence-corrected chi connectivity index (χ1v) is 25.2. The van der Waals surface area contributed by atoms with Crippen LogP contribution in [0.15, 0.2) is 77.9 Å². The second kappa shape index (κ2) is 15.3. The second-order valence-electron chi connectivity index (χ2n) is 16.7. The summed E-state index contributed by atoms with van der Waals surface area (Å²) in [5, 5.41) is 3.32. The summed E-state index contributed by atoms with van der Waals surface area (Å²) in [4.78, 5) is 14.9. The van der Waals surface area contributed by atoms with Crippen LogP contribution in [0.2, 0.25) is 42.8 Å². The van der Waals surface area contributed by atoms with Gasteiger partial charge in [-0.1, -0.05) is 128 Å². The second-order valence-corrected chi connectivity index (χ2v) is 30.7. The summed E-state index contributed by atoms with van der Waals surface area (Å²) in [6.07, 6.45) is 0.425. The van der Waals surface area contributed by atoms with E-state index in [1.54, 1.807) is 4.90 Å². The van der Waals surface area contributed by atoms with Crippen molar-refractivity contribution >= 4 is 41.2 Å². The number of nitrogens with zero attached hydrogens (tertiary/aromatic N) is 1. The molecule has 0 aromatic heterocycles. The molecule has 46 heavy (non-hydrogen) atoms. The summed E-state index contributed by atoms with van der Waals surface area (Å²) in [7, 11) is -7.27. The van der Waals surface area contributed by atoms with E-state index < -0.39 is 24.7 Å². The van der Waals surface area contributed by atoms with Crippen molar-refractivity contribution in [3.8, 4) is 0 Å². The number of benzene rings is 2. The predicted octanol–water partition coefficient (Wildman–Crippen LogP) is 9.51. The van der Waals surface area contributed by atoms with Gasteiger partial charge in [-0.2, -0.15) is 0 Å². The van der Waals surface area contributed by atoms with Gasteiger partial charge < -0.3 is 18.5 Å². The maximum atomic E-state index is 13.1. The van der Waals surface area contributed by atoms with Gasteiger partial charge in [0, 0.05) is 12.1 Å². The van der Waals surface area contributed by atoms with Crippen molar-refractivity contribution in [3.63, 3.8) is 0 Å². The monoisotopic (exact) mass is 681 g/mol. The van der Waals surface area contributed by atoms with Crippen molar-refractivity contribution < 1.29 is 18.4 Å². The van der Waals surface area contributed by atoms with Crippen LogP contribution >= 0.6 is 0 Å². The molecule has 0 radical (unpaired) electrons. The van der Waals surface area contributed by atoms with E-state index >= 15 is 0 Å². The Bertz CT molecular complexity index is 1280. The molecule has 0 aliphatic rings. The molecule has 0 spiro atoms. The molecule has 0 saturated carbocycles. The van der Waals surface area contributed by atoms with Gasteiger partial charge in [-0.25, -0.2) is 4.79 Å². The number of hydrogen-bond donors (Lipinski definition) is 0. The molecule has 2 aromatic rings. The standard InChI is InChI=1S/C38H63NO4Si3/c1-29(2)39(30(3)4)36(40)41-28-27-34(44(12,13)14)35(43-45(15,16)37(6,7)8)31(5)42-46(38(9,10)11,32-23-19-17-20-24-32)33-25-21-18-22-26-33/h17-26,28-31,35H,1-16H3/t27?,31-,35+/m0/s1. The van der Waals surface area contributed by atoms with Gasteiger partial charge in [0.05, 0.1) is 20.3 Å². The summed E-state index contributed by atoms with van der Waals surface area (Å²) < 4.78 is 20.8. The van der Waals surface area contributed by atoms with E-state index in [0.717, 1.165) is 5.20 Å². The molecule has 0 N–H and O–H groups in total. The molecule has 0 unspecified atom stereocenters. The van der Waals surface area contributed by atoms with E-state index in [9.17, 15) is 4.79 Å². The number of ether oxygens (including phenoxy) is 1. The number of amides is 1. The van der Waals surface area contributed by atoms with E-state index in [4.69, 9.17) is 13.6 Å². The maximum Gasteiger partial charge on any atom is 0.415 e. The number of hydrogen-bond acceptors (Lipinski definition) is 4. The van der Waals surface area contributed by atoms with Crippen LogP contribution in [0, 0.1) is 0 Å². The Hall–Kier alpha value is -2.20. The molecule has 8 heteroatoms. The first-order chi connectivity index (χ1) is 21.0. The minimum atomic E-state index is -2.88. The zero-order chi connectivity index (χ0) is 35.3. The molecule has 256 valence electrons. The lowest BCUT2D eigenvalue weighted by Crippen LogP contribution is -2.68. The van der Waals surface area contributed by atoms with Crippen LogP contribution in [-0.4, -0.2) is 60.0 Å². The molecule has 1 amide bonds. The average Bonchev–Trinajstić information content (AvgIpc) is 2.91. The zero-order valence-electron chi connectivity index (χ0n) is 31.7. The smallest absolute Gasteiger partial charge is 0.410 e. The third-order valence-corrected chi connectivity index (χ3v) is 20.9. The normalized spacial score (nSPS) is 14.5. The first-order valence-electron chi connectivity index (χ1n) is 16.9. The quantitative estimate of drug-likeness (QED) is 0.127. The zero-order valence-corrected chi connectivity index (χ0v) is 34.7. The van der Waals surface area contributed by atoms with Crippen LogP contribution in [0.25, 0.3) is 0 Å². The Morgan fingerprint density at radius 1 is 0.717 bits per heavy atom. The lowest BCUT2D eigenvalue weighted by Gasteiger charge is -2.48. The van der Waals surface area contributed by atoms with Gasteiger partial charge in [0.1, 0.15) is 6.26 Å². The Morgan fingerprint density at radius 3 is 1.50 bits per heavy atom. The van der Waals surface area contributed by atoms with Crippen LogP contribution in [0.1, 0.15) is 76.2 Å². The predicted molar refractivity (Wildman–Crippen MR) is 204 cm³/mol. The van der Waals surface area contributed by atoms with Crippen LogP contribution in [0.3, 0.4) is 0 Å². The fourth-order valence-electron chi connectivity index (χ4n) is 5.86. The van der Waals surface area contributed by atoms with E-state index in [-0.39, 0.29) is 40.5 Å². The van der Waals surface area contributed by atoms with Crippen molar-refractivity contribution in [3.05, 3.63) is 77.9 Å². The lowest BCUT2D eigenvalue weighted by atomic mass is 10.2. The van der Waals surface area contributed by atoms with E-state index in [2.05, 4.69) is 148 Å². The highest BCUT2D eigenvalue weighted by molar-refractivity contribution is 6.99. The van der Waals surface area contributed by atoms with Crippen molar-refractivity contribution in [2.75, 3.05) is 0 Å². The molecule has 5 nitrogen and oxygen atoms in total. The number of carbonyl (C=O) groups excluding carboxylic acids is 1. The largest absolute Gasteiger partial charge is 0.415 e. The highest BCUT2D eigenvalue weighted by atomic mass is 28.4. The first kappa shape index (κ1) is 40.0. The Balaban J connectivity index is 2.84. The van der Waals surface area contributed by atoms with Gasteiger partial charge in [-0.3, -0.25) is 0 Å². The maximum absolute atomic E-state index is 13.1. The number of carbonyl (C=O) groups is 1. The van der Waals surface area contributed by atoms with Crippen molar-refractivity contribution in [2.24, 2.45) is 0 Å². The van der Waals surface area contributed by atoms with E-state index in [0.29, 0.717) is 0 Å². The SMILES string of the molecule is CC(C)N(C(=O)OC=C=C([C@H](O[Si](C)(C)C(C)(C)C)[C@H](C)O[Si](c1ccccc1)(c1ccccc1)C(C)(C)C)[Si](C)(C)C)C(C)C. The van der Waals surface area contributed by atoms with Crippen LogP contribution in [-0.2, 0) is 13.6 Å². The highest BCUT2D eigenvalue weighted by Gasteiger charge is 2.53. The van der Waals surface area contributed by atoms with Crippen LogP contribution in [0.5, 0.6) is 0 Å². The molecule has 2 rings (SSSR count). The topological polar surface area (TPSA) is 48.0 Å². The van der Waals surface area contributed by atoms with Gasteiger partial charge in [-0.05, 0) is 73.4 Å². The third kappa shape index (κ3) is 9.45. The van der Waals surface area contributed by atoms with Crippen LogP contribution < -0.4 is 10.4 Å². The molecule has 0 fully saturated rings. The summed E-state index contributed by atoms with van der Waals surface area (Å²) in [6.45, 7) is 35.4. The molecule has 0 saturated heterocycles. The van der Waals surface area contributed by atoms with Gasteiger partial charge in [0.25, 0.3) is 8.32 Å². The minimum Gasteiger partial charge on any atom is -0.410 e. The third-order valence-electron chi connectivity index (χ3n) is 9.22. The average molecular weight is 682 g/mol. The van der Waals surface area contributed by atoms with Gasteiger partial charge in [0.15, 0.2) is 8.32 Å². The molecule has 0 heterocycles. The lowest BCUT2D eigenvalue weighted by molar-refractivity contribution is 0.0753. The highest BCUT2D eigenvalue weighted by Crippen LogP contribution is 2.42. The van der Waals surface area contributed by atoms with E-state index in [1.807, 2.05) is 27.7 Å². The van der Waals surface area contributed by atoms with Gasteiger partial charge in [-0.15, -0.1) is 0 Å².